The zero-order valence-electron chi connectivity index (χ0n) is 13.3. The fraction of sp³-hybridized carbons (Fsp3) is 0.176. The van der Waals surface area contributed by atoms with Gasteiger partial charge in [-0.1, -0.05) is 53.5 Å². The summed E-state index contributed by atoms with van der Waals surface area (Å²) in [6.07, 6.45) is 0.219. The standard InChI is InChI=1S/C17H16Cl2N2O4/c1-25-17(24)12(7-9-5-3-2-4-6-9)21-16(23)10-8-11(18)14(20)13(19)15(10)22/h2-6,8,12,22H,7,20H2,1H3,(H,21,23)/t12-/m0/s1. The topological polar surface area (TPSA) is 102 Å². The lowest BCUT2D eigenvalue weighted by molar-refractivity contribution is -0.142. The summed E-state index contributed by atoms with van der Waals surface area (Å²) < 4.78 is 4.73. The van der Waals surface area contributed by atoms with E-state index in [1.807, 2.05) is 30.3 Å². The molecule has 6 nitrogen and oxygen atoms in total. The Morgan fingerprint density at radius 1 is 1.28 bits per heavy atom. The molecule has 2 rings (SSSR count). The van der Waals surface area contributed by atoms with Crippen LogP contribution < -0.4 is 11.1 Å². The number of halogens is 2. The van der Waals surface area contributed by atoms with Gasteiger partial charge in [-0.25, -0.2) is 4.79 Å². The highest BCUT2D eigenvalue weighted by Gasteiger charge is 2.25. The van der Waals surface area contributed by atoms with E-state index in [0.29, 0.717) is 0 Å². The van der Waals surface area contributed by atoms with Gasteiger partial charge in [0.25, 0.3) is 5.91 Å². The zero-order chi connectivity index (χ0) is 18.6. The Bertz CT molecular complexity index is 797. The molecule has 0 aliphatic rings. The van der Waals surface area contributed by atoms with Crippen molar-refractivity contribution in [1.82, 2.24) is 5.32 Å². The highest BCUT2D eigenvalue weighted by atomic mass is 35.5. The van der Waals surface area contributed by atoms with Crippen LogP contribution in [0.15, 0.2) is 36.4 Å². The van der Waals surface area contributed by atoms with Gasteiger partial charge in [0.15, 0.2) is 0 Å². The largest absolute Gasteiger partial charge is 0.505 e. The maximum atomic E-state index is 12.5. The van der Waals surface area contributed by atoms with E-state index in [0.717, 1.165) is 5.56 Å². The third-order valence-corrected chi connectivity index (χ3v) is 4.24. The van der Waals surface area contributed by atoms with Crippen LogP contribution in [0.5, 0.6) is 5.75 Å². The molecule has 4 N–H and O–H groups in total. The van der Waals surface area contributed by atoms with Gasteiger partial charge in [0.2, 0.25) is 0 Å². The number of anilines is 1. The number of nitrogens with two attached hydrogens (primary N) is 1. The molecule has 0 saturated carbocycles. The van der Waals surface area contributed by atoms with Crippen LogP contribution in [-0.2, 0) is 16.0 Å². The number of nitrogens with one attached hydrogen (secondary N) is 1. The summed E-state index contributed by atoms with van der Waals surface area (Å²) in [7, 11) is 1.22. The summed E-state index contributed by atoms with van der Waals surface area (Å²) in [4.78, 5) is 24.4. The number of benzene rings is 2. The van der Waals surface area contributed by atoms with Gasteiger partial charge < -0.3 is 20.9 Å². The highest BCUT2D eigenvalue weighted by molar-refractivity contribution is 6.40. The van der Waals surface area contributed by atoms with Gasteiger partial charge in [-0.2, -0.15) is 0 Å². The minimum atomic E-state index is -0.950. The monoisotopic (exact) mass is 382 g/mol. The minimum absolute atomic E-state index is 0.0191. The molecule has 2 aromatic rings. The zero-order valence-corrected chi connectivity index (χ0v) is 14.8. The van der Waals surface area contributed by atoms with Gasteiger partial charge in [-0.3, -0.25) is 4.79 Å². The van der Waals surface area contributed by atoms with Gasteiger partial charge in [0.05, 0.1) is 23.4 Å². The first-order chi connectivity index (χ1) is 11.8. The summed E-state index contributed by atoms with van der Waals surface area (Å²) in [6.45, 7) is 0. The Morgan fingerprint density at radius 3 is 2.52 bits per heavy atom. The molecule has 132 valence electrons. The summed E-state index contributed by atoms with van der Waals surface area (Å²) in [5.74, 6) is -1.86. The maximum absolute atomic E-state index is 12.5. The Labute approximate surface area is 154 Å². The Kier molecular flexibility index (Phi) is 6.12. The van der Waals surface area contributed by atoms with Crippen LogP contribution in [0.2, 0.25) is 10.0 Å². The number of ether oxygens (including phenoxy) is 1. The Hall–Kier alpha value is -2.44. The van der Waals surface area contributed by atoms with Crippen LogP contribution in [0.1, 0.15) is 15.9 Å². The van der Waals surface area contributed by atoms with Crippen molar-refractivity contribution in [3.05, 3.63) is 57.6 Å². The van der Waals surface area contributed by atoms with Crippen molar-refractivity contribution in [2.24, 2.45) is 0 Å². The molecule has 0 unspecified atom stereocenters. The van der Waals surface area contributed by atoms with E-state index >= 15 is 0 Å². The first-order valence-corrected chi connectivity index (χ1v) is 7.99. The number of methoxy groups -OCH3 is 1. The van der Waals surface area contributed by atoms with Crippen molar-refractivity contribution in [2.45, 2.75) is 12.5 Å². The number of hydrogen-bond acceptors (Lipinski definition) is 5. The predicted octanol–water partition coefficient (Wildman–Crippen LogP) is 2.80. The normalized spacial score (nSPS) is 11.6. The molecular formula is C17H16Cl2N2O4. The molecule has 0 fully saturated rings. The van der Waals surface area contributed by atoms with Crippen molar-refractivity contribution in [1.29, 1.82) is 0 Å². The van der Waals surface area contributed by atoms with Gasteiger partial charge >= 0.3 is 5.97 Å². The number of nitrogen functional groups attached to an aromatic ring is 1. The molecule has 8 heteroatoms. The number of phenolic OH excluding ortho intramolecular Hbond substituents is 1. The van der Waals surface area contributed by atoms with Crippen molar-refractivity contribution in [3.8, 4) is 5.75 Å². The van der Waals surface area contributed by atoms with Crippen molar-refractivity contribution < 1.29 is 19.4 Å². The van der Waals surface area contributed by atoms with Crippen LogP contribution >= 0.6 is 23.2 Å². The number of hydrogen-bond donors (Lipinski definition) is 3. The quantitative estimate of drug-likeness (QED) is 0.545. The molecule has 0 radical (unpaired) electrons. The number of aromatic hydroxyl groups is 1. The lowest BCUT2D eigenvalue weighted by atomic mass is 10.1. The SMILES string of the molecule is COC(=O)[C@H](Cc1ccccc1)NC(=O)c1cc(Cl)c(N)c(Cl)c1O. The Balaban J connectivity index is 2.27. The second-order valence-corrected chi connectivity index (χ2v) is 6.01. The third kappa shape index (κ3) is 4.35. The molecule has 1 atom stereocenters. The van der Waals surface area contributed by atoms with Gasteiger partial charge in [-0.15, -0.1) is 0 Å². The lowest BCUT2D eigenvalue weighted by Gasteiger charge is -2.18. The molecule has 2 aromatic carbocycles. The van der Waals surface area contributed by atoms with Crippen molar-refractivity contribution >= 4 is 40.8 Å². The minimum Gasteiger partial charge on any atom is -0.505 e. The first kappa shape index (κ1) is 18.9. The lowest BCUT2D eigenvalue weighted by Crippen LogP contribution is -2.43. The second-order valence-electron chi connectivity index (χ2n) is 5.22. The number of carbonyl (C=O) groups excluding carboxylic acids is 2. The average Bonchev–Trinajstić information content (AvgIpc) is 2.62. The average molecular weight is 383 g/mol. The van der Waals surface area contributed by atoms with Crippen LogP contribution in [0.4, 0.5) is 5.69 Å². The van der Waals surface area contributed by atoms with Crippen molar-refractivity contribution in [2.75, 3.05) is 12.8 Å². The molecular weight excluding hydrogens is 367 g/mol. The molecule has 0 spiro atoms. The van der Waals surface area contributed by atoms with E-state index in [1.54, 1.807) is 0 Å². The van der Waals surface area contributed by atoms with Crippen LogP contribution in [0.25, 0.3) is 0 Å². The molecule has 0 bridgehead atoms. The van der Waals surface area contributed by atoms with E-state index in [1.165, 1.54) is 13.2 Å². The summed E-state index contributed by atoms with van der Waals surface area (Å²) in [5, 5.41) is 12.3. The number of esters is 1. The molecule has 0 aliphatic heterocycles. The molecule has 1 amide bonds. The van der Waals surface area contributed by atoms with Crippen LogP contribution in [0.3, 0.4) is 0 Å². The molecule has 0 heterocycles. The van der Waals surface area contributed by atoms with Gasteiger partial charge in [0.1, 0.15) is 16.8 Å². The van der Waals surface area contributed by atoms with E-state index in [9.17, 15) is 14.7 Å². The van der Waals surface area contributed by atoms with Gasteiger partial charge in [-0.05, 0) is 11.6 Å². The van der Waals surface area contributed by atoms with E-state index in [2.05, 4.69) is 5.32 Å². The van der Waals surface area contributed by atoms with E-state index in [-0.39, 0.29) is 27.7 Å². The number of amides is 1. The fourth-order valence-corrected chi connectivity index (χ4v) is 2.67. The fourth-order valence-electron chi connectivity index (χ4n) is 2.22. The first-order valence-electron chi connectivity index (χ1n) is 7.24. The third-order valence-electron chi connectivity index (χ3n) is 3.55. The molecule has 0 aromatic heterocycles. The molecule has 25 heavy (non-hydrogen) atoms. The van der Waals surface area contributed by atoms with Crippen LogP contribution in [0, 0.1) is 0 Å². The predicted molar refractivity (Wildman–Crippen MR) is 96.0 cm³/mol. The molecule has 0 aliphatic carbocycles. The van der Waals surface area contributed by atoms with Crippen LogP contribution in [-0.4, -0.2) is 30.1 Å². The molecule has 0 saturated heterocycles. The summed E-state index contributed by atoms with van der Waals surface area (Å²) >= 11 is 11.8. The summed E-state index contributed by atoms with van der Waals surface area (Å²) in [5.41, 5.74) is 6.20. The van der Waals surface area contributed by atoms with Gasteiger partial charge in [0, 0.05) is 6.42 Å². The van der Waals surface area contributed by atoms with Crippen molar-refractivity contribution in [3.63, 3.8) is 0 Å². The Morgan fingerprint density at radius 2 is 1.92 bits per heavy atom. The number of rotatable bonds is 5. The smallest absolute Gasteiger partial charge is 0.328 e. The second kappa shape index (κ2) is 8.09. The maximum Gasteiger partial charge on any atom is 0.328 e. The van der Waals surface area contributed by atoms with E-state index in [4.69, 9.17) is 33.7 Å². The highest BCUT2D eigenvalue weighted by Crippen LogP contribution is 2.38. The van der Waals surface area contributed by atoms with E-state index < -0.39 is 23.7 Å². The number of carbonyl (C=O) groups is 2. The number of phenols is 1. The summed E-state index contributed by atoms with van der Waals surface area (Å²) in [6, 6.07) is 9.34.